The molecule has 0 fully saturated rings. The van der Waals surface area contributed by atoms with Crippen molar-refractivity contribution in [2.24, 2.45) is 5.73 Å². The van der Waals surface area contributed by atoms with Crippen LogP contribution in [0.2, 0.25) is 0 Å². The summed E-state index contributed by atoms with van der Waals surface area (Å²) in [6.45, 7) is 1.72. The molecule has 12 heavy (non-hydrogen) atoms. The lowest BCUT2D eigenvalue weighted by Gasteiger charge is -2.01. The van der Waals surface area contributed by atoms with E-state index in [1.165, 1.54) is 0 Å². The number of hydrogen-bond acceptors (Lipinski definition) is 2. The first-order chi connectivity index (χ1) is 5.52. The van der Waals surface area contributed by atoms with Crippen LogP contribution in [0, 0.1) is 6.92 Å². The third-order valence-electron chi connectivity index (χ3n) is 1.29. The number of hydrogen-bond donors (Lipinski definition) is 1. The first kappa shape index (κ1) is 9.35. The van der Waals surface area contributed by atoms with Gasteiger partial charge in [-0.15, -0.1) is 0 Å². The van der Waals surface area contributed by atoms with Gasteiger partial charge in [-0.3, -0.25) is 0 Å². The Labute approximate surface area is 79.2 Å². The molecular weight excluding hydrogens is 201 g/mol. The summed E-state index contributed by atoms with van der Waals surface area (Å²) in [6, 6.07) is 0.916. The molecule has 1 aromatic heterocycles. The molecule has 1 rings (SSSR count). The number of carbonyl (C=O) groups excluding carboxylic acids is 1. The van der Waals surface area contributed by atoms with Gasteiger partial charge in [-0.25, -0.2) is 4.79 Å². The minimum Gasteiger partial charge on any atom is -0.350 e. The number of alkyl halides is 2. The Balaban J connectivity index is 3.17. The Morgan fingerprint density at radius 1 is 1.75 bits per heavy atom. The van der Waals surface area contributed by atoms with Crippen LogP contribution in [0.3, 0.4) is 0 Å². The zero-order valence-electron chi connectivity index (χ0n) is 6.29. The molecule has 1 aromatic rings. The number of nitrogens with two attached hydrogens (primary N) is 1. The maximum atomic E-state index is 10.7. The Bertz CT molecular complexity index is 308. The summed E-state index contributed by atoms with van der Waals surface area (Å²) in [5.74, 6) is 0. The third-order valence-corrected chi connectivity index (χ3v) is 1.74. The smallest absolute Gasteiger partial charge is 0.339 e. The van der Waals surface area contributed by atoms with Crippen LogP contribution in [-0.4, -0.2) is 15.8 Å². The van der Waals surface area contributed by atoms with Gasteiger partial charge in [0.05, 0.1) is 11.4 Å². The molecule has 2 N–H and O–H groups in total. The summed E-state index contributed by atoms with van der Waals surface area (Å²) >= 11 is 11.1. The number of halogens is 2. The summed E-state index contributed by atoms with van der Waals surface area (Å²) < 4.78 is 0.986. The topological polar surface area (TPSA) is 60.9 Å². The molecule has 0 atom stereocenters. The molecule has 0 spiro atoms. The lowest BCUT2D eigenvalue weighted by molar-refractivity contribution is 0.247. The third kappa shape index (κ3) is 1.70. The van der Waals surface area contributed by atoms with Gasteiger partial charge in [0.25, 0.3) is 0 Å². The number of rotatable bonds is 1. The summed E-state index contributed by atoms with van der Waals surface area (Å²) in [6.07, 6.45) is 0. The van der Waals surface area contributed by atoms with E-state index in [2.05, 4.69) is 5.10 Å². The quantitative estimate of drug-likeness (QED) is 0.712. The van der Waals surface area contributed by atoms with Gasteiger partial charge in [0, 0.05) is 0 Å². The summed E-state index contributed by atoms with van der Waals surface area (Å²) in [5.41, 5.74) is 6.05. The zero-order valence-corrected chi connectivity index (χ0v) is 7.80. The van der Waals surface area contributed by atoms with Crippen molar-refractivity contribution in [2.75, 3.05) is 0 Å². The number of carbonyl (C=O) groups is 1. The molecule has 0 unspecified atom stereocenters. The van der Waals surface area contributed by atoms with Gasteiger partial charge in [-0.05, 0) is 13.0 Å². The van der Waals surface area contributed by atoms with E-state index in [9.17, 15) is 4.79 Å². The van der Waals surface area contributed by atoms with Crippen molar-refractivity contribution >= 4 is 29.2 Å². The maximum Gasteiger partial charge on any atom is 0.339 e. The molecular formula is C6H7Cl2N3O. The van der Waals surface area contributed by atoms with E-state index in [1.807, 2.05) is 0 Å². The molecule has 1 amide bonds. The molecule has 1 heterocycles. The van der Waals surface area contributed by atoms with Crippen LogP contribution in [0.1, 0.15) is 16.2 Å². The fraction of sp³-hybridized carbons (Fsp3) is 0.333. The second-order valence-electron chi connectivity index (χ2n) is 2.26. The highest BCUT2D eigenvalue weighted by Gasteiger charge is 2.14. The number of aromatic nitrogens is 2. The van der Waals surface area contributed by atoms with Crippen molar-refractivity contribution in [3.63, 3.8) is 0 Å². The zero-order chi connectivity index (χ0) is 9.30. The fourth-order valence-electron chi connectivity index (χ4n) is 0.851. The van der Waals surface area contributed by atoms with Gasteiger partial charge >= 0.3 is 6.03 Å². The highest BCUT2D eigenvalue weighted by Crippen LogP contribution is 2.24. The number of amides is 1. The minimum atomic E-state index is -0.793. The van der Waals surface area contributed by atoms with Gasteiger partial charge in [0.1, 0.15) is 4.84 Å². The van der Waals surface area contributed by atoms with Gasteiger partial charge in [-0.1, -0.05) is 23.2 Å². The molecule has 0 aliphatic rings. The second kappa shape index (κ2) is 3.33. The standard InChI is InChI=1S/C6H7Cl2N3O/c1-3-2-4(5(7)8)11(10-3)6(9)12/h2,5H,1H3,(H2,9,12). The lowest BCUT2D eigenvalue weighted by Crippen LogP contribution is -2.22. The summed E-state index contributed by atoms with van der Waals surface area (Å²) in [4.78, 5) is 9.95. The van der Waals surface area contributed by atoms with Crippen LogP contribution in [0.5, 0.6) is 0 Å². The normalized spacial score (nSPS) is 10.7. The molecule has 0 bridgehead atoms. The Morgan fingerprint density at radius 2 is 2.33 bits per heavy atom. The highest BCUT2D eigenvalue weighted by molar-refractivity contribution is 6.44. The number of primary amides is 1. The monoisotopic (exact) mass is 207 g/mol. The van der Waals surface area contributed by atoms with Crippen LogP contribution in [0.15, 0.2) is 6.07 Å². The number of nitrogens with zero attached hydrogens (tertiary/aromatic N) is 2. The van der Waals surface area contributed by atoms with E-state index >= 15 is 0 Å². The van der Waals surface area contributed by atoms with Crippen LogP contribution in [0.25, 0.3) is 0 Å². The Morgan fingerprint density at radius 3 is 2.67 bits per heavy atom. The summed E-state index contributed by atoms with van der Waals surface area (Å²) in [7, 11) is 0. The molecule has 0 aliphatic carbocycles. The minimum absolute atomic E-state index is 0.392. The SMILES string of the molecule is Cc1cc(C(Cl)Cl)n(C(N)=O)n1. The molecule has 4 nitrogen and oxygen atoms in total. The van der Waals surface area contributed by atoms with Crippen molar-refractivity contribution in [1.29, 1.82) is 0 Å². The molecule has 6 heteroatoms. The molecule has 0 saturated heterocycles. The first-order valence-corrected chi connectivity index (χ1v) is 4.04. The molecule has 0 saturated carbocycles. The highest BCUT2D eigenvalue weighted by atomic mass is 35.5. The molecule has 0 aromatic carbocycles. The van der Waals surface area contributed by atoms with Gasteiger partial charge < -0.3 is 5.73 Å². The van der Waals surface area contributed by atoms with E-state index < -0.39 is 10.9 Å². The fourth-order valence-corrected chi connectivity index (χ4v) is 1.16. The van der Waals surface area contributed by atoms with E-state index in [0.717, 1.165) is 4.68 Å². The Hall–Kier alpha value is -0.740. The second-order valence-corrected chi connectivity index (χ2v) is 3.36. The number of aryl methyl sites for hydroxylation is 1. The van der Waals surface area contributed by atoms with Crippen molar-refractivity contribution < 1.29 is 4.79 Å². The average Bonchev–Trinajstić information content (AvgIpc) is 2.31. The average molecular weight is 208 g/mol. The van der Waals surface area contributed by atoms with E-state index in [0.29, 0.717) is 11.4 Å². The predicted octanol–water partition coefficient (Wildman–Crippen LogP) is 1.59. The van der Waals surface area contributed by atoms with Crippen LogP contribution < -0.4 is 5.73 Å². The molecule has 0 radical (unpaired) electrons. The van der Waals surface area contributed by atoms with Crippen LogP contribution >= 0.6 is 23.2 Å². The van der Waals surface area contributed by atoms with E-state index in [1.54, 1.807) is 13.0 Å². The predicted molar refractivity (Wildman–Crippen MR) is 46.4 cm³/mol. The van der Waals surface area contributed by atoms with Crippen molar-refractivity contribution in [1.82, 2.24) is 9.78 Å². The van der Waals surface area contributed by atoms with Crippen molar-refractivity contribution in [3.05, 3.63) is 17.5 Å². The van der Waals surface area contributed by atoms with E-state index in [-0.39, 0.29) is 0 Å². The molecule has 66 valence electrons. The first-order valence-electron chi connectivity index (χ1n) is 3.17. The van der Waals surface area contributed by atoms with Gasteiger partial charge in [0.2, 0.25) is 0 Å². The Kier molecular flexibility index (Phi) is 2.59. The lowest BCUT2D eigenvalue weighted by atomic mass is 10.4. The molecule has 0 aliphatic heterocycles. The van der Waals surface area contributed by atoms with E-state index in [4.69, 9.17) is 28.9 Å². The van der Waals surface area contributed by atoms with Crippen LogP contribution in [0.4, 0.5) is 4.79 Å². The van der Waals surface area contributed by atoms with Crippen molar-refractivity contribution in [2.45, 2.75) is 11.8 Å². The summed E-state index contributed by atoms with van der Waals surface area (Å²) in [5, 5.41) is 3.80. The largest absolute Gasteiger partial charge is 0.350 e. The van der Waals surface area contributed by atoms with Gasteiger partial charge in [0.15, 0.2) is 0 Å². The van der Waals surface area contributed by atoms with Gasteiger partial charge in [-0.2, -0.15) is 9.78 Å². The maximum absolute atomic E-state index is 10.7. The van der Waals surface area contributed by atoms with Crippen LogP contribution in [-0.2, 0) is 0 Å². The van der Waals surface area contributed by atoms with Crippen molar-refractivity contribution in [3.8, 4) is 0 Å².